The predicted octanol–water partition coefficient (Wildman–Crippen LogP) is 5.57. The molecule has 0 radical (unpaired) electrons. The monoisotopic (exact) mass is 825 g/mol. The third-order valence-electron chi connectivity index (χ3n) is 13.5. The summed E-state index contributed by atoms with van der Waals surface area (Å²) in [5, 5.41) is 28.0. The summed E-state index contributed by atoms with van der Waals surface area (Å²) in [6.07, 6.45) is -6.18. The van der Waals surface area contributed by atoms with E-state index in [4.69, 9.17) is 33.2 Å². The maximum absolute atomic E-state index is 14.4. The van der Waals surface area contributed by atoms with Gasteiger partial charge < -0.3 is 48.7 Å². The van der Waals surface area contributed by atoms with E-state index >= 15 is 0 Å². The van der Waals surface area contributed by atoms with E-state index in [0.29, 0.717) is 17.6 Å². The van der Waals surface area contributed by atoms with Gasteiger partial charge in [-0.05, 0) is 63.8 Å². The van der Waals surface area contributed by atoms with Crippen LogP contribution in [-0.4, -0.2) is 107 Å². The fourth-order valence-corrected chi connectivity index (χ4v) is 11.0. The quantitative estimate of drug-likeness (QED) is 0.151. The fraction of sp³-hybridized carbons (Fsp3) is 0.689. The molecule has 3 aliphatic carbocycles. The van der Waals surface area contributed by atoms with Gasteiger partial charge in [0.05, 0.1) is 36.3 Å². The number of carbonyl (C=O) groups is 4. The van der Waals surface area contributed by atoms with Crippen LogP contribution in [-0.2, 0) is 42.7 Å². The number of esters is 3. The second kappa shape index (κ2) is 15.9. The average Bonchev–Trinajstić information content (AvgIpc) is 3.12. The molecule has 1 aromatic carbocycles. The Morgan fingerprint density at radius 1 is 1.05 bits per heavy atom. The molecular weight excluding hydrogens is 762 g/mol. The molecule has 59 heavy (non-hydrogen) atoms. The topological polar surface area (TPSA) is 185 Å². The summed E-state index contributed by atoms with van der Waals surface area (Å²) in [5.74, 6) is -3.85. The Morgan fingerprint density at radius 3 is 2.27 bits per heavy atom. The van der Waals surface area contributed by atoms with Gasteiger partial charge >= 0.3 is 24.0 Å². The van der Waals surface area contributed by atoms with Crippen LogP contribution < -0.4 is 5.32 Å². The van der Waals surface area contributed by atoms with E-state index in [1.54, 1.807) is 57.2 Å². The van der Waals surface area contributed by atoms with Crippen LogP contribution in [0.15, 0.2) is 54.1 Å². The lowest BCUT2D eigenvalue weighted by Gasteiger charge is -2.71. The van der Waals surface area contributed by atoms with Crippen molar-refractivity contribution in [3.05, 3.63) is 59.7 Å². The Labute approximate surface area is 347 Å². The molecule has 2 saturated heterocycles. The Hall–Kier alpha value is -3.82. The third kappa shape index (κ3) is 7.73. The number of alkyl carbamates (subject to hydrolysis) is 1. The molecule has 3 N–H and O–H groups in total. The van der Waals surface area contributed by atoms with Crippen molar-refractivity contribution < 1.29 is 62.5 Å². The van der Waals surface area contributed by atoms with E-state index < -0.39 is 112 Å². The van der Waals surface area contributed by atoms with Gasteiger partial charge in [0, 0.05) is 36.5 Å². The van der Waals surface area contributed by atoms with Crippen molar-refractivity contribution in [3.63, 3.8) is 0 Å². The Morgan fingerprint density at radius 2 is 1.71 bits per heavy atom. The first kappa shape index (κ1) is 44.7. The lowest BCUT2D eigenvalue weighted by Crippen LogP contribution is -2.83. The lowest BCUT2D eigenvalue weighted by atomic mass is 9.43. The molecule has 2 bridgehead atoms. The van der Waals surface area contributed by atoms with Gasteiger partial charge in [-0.2, -0.15) is 0 Å². The van der Waals surface area contributed by atoms with Gasteiger partial charge in [-0.15, -0.1) is 0 Å². The average molecular weight is 826 g/mol. The number of ether oxygens (including phenoxy) is 7. The number of hydrogen-bond acceptors (Lipinski definition) is 13. The van der Waals surface area contributed by atoms with Crippen LogP contribution >= 0.6 is 0 Å². The zero-order valence-electron chi connectivity index (χ0n) is 36.2. The van der Waals surface area contributed by atoms with E-state index in [9.17, 15) is 29.4 Å². The molecule has 2 saturated carbocycles. The van der Waals surface area contributed by atoms with Crippen LogP contribution in [0.25, 0.3) is 0 Å². The maximum atomic E-state index is 14.4. The Kier molecular flexibility index (Phi) is 12.1. The maximum Gasteiger partial charge on any atom is 0.407 e. The molecule has 2 aliphatic heterocycles. The van der Waals surface area contributed by atoms with Gasteiger partial charge in [0.1, 0.15) is 29.5 Å². The standard InChI is InChI=1S/C45H63NO13/c1-13-32-55-30-20-31-44(22-53-31,58-26(6)47)35-37(57-38(49)27-17-15-14-16-18-27)45(52)21-29(24(4)33(42(45,10)11)25(5)36(56-32)43(30,35)12)54-39(50)34(48)28(19-23(2)3)46-40(51)59-41(7,8)9/h13-18,23,25,28-32,34-37,48,52H,1,19-22H2,2-12H3,(H,46,51)/t25-,28-,29-,30?,31+,32-,34-,35-,36-,37-,43+,44-,45+/m0/s1. The lowest BCUT2D eigenvalue weighted by molar-refractivity contribution is -0.403. The van der Waals surface area contributed by atoms with Crippen LogP contribution in [0.2, 0.25) is 0 Å². The molecule has 13 atom stereocenters. The van der Waals surface area contributed by atoms with Crippen LogP contribution in [0.3, 0.4) is 0 Å². The van der Waals surface area contributed by atoms with Gasteiger partial charge in [0.2, 0.25) is 0 Å². The number of nitrogens with one attached hydrogen (secondary N) is 1. The summed E-state index contributed by atoms with van der Waals surface area (Å²) in [4.78, 5) is 54.5. The molecular formula is C45H63NO13. The minimum absolute atomic E-state index is 0.0405. The number of carbonyl (C=O) groups excluding carboxylic acids is 4. The molecule has 2 heterocycles. The largest absolute Gasteiger partial charge is 0.456 e. The molecule has 14 nitrogen and oxygen atoms in total. The number of aliphatic hydroxyl groups excluding tert-OH is 1. The fourth-order valence-electron chi connectivity index (χ4n) is 11.0. The summed E-state index contributed by atoms with van der Waals surface area (Å²) in [5.41, 5.74) is -4.96. The van der Waals surface area contributed by atoms with Gasteiger partial charge in [-0.1, -0.05) is 71.9 Å². The number of benzene rings is 1. The number of amides is 1. The highest BCUT2D eigenvalue weighted by Gasteiger charge is 2.79. The first-order chi connectivity index (χ1) is 27.4. The molecule has 6 rings (SSSR count). The van der Waals surface area contributed by atoms with Gasteiger partial charge in [-0.3, -0.25) is 4.79 Å². The zero-order chi connectivity index (χ0) is 43.6. The predicted molar refractivity (Wildman–Crippen MR) is 214 cm³/mol. The highest BCUT2D eigenvalue weighted by molar-refractivity contribution is 5.89. The van der Waals surface area contributed by atoms with E-state index in [2.05, 4.69) is 11.9 Å². The number of rotatable bonds is 10. The van der Waals surface area contributed by atoms with Crippen molar-refractivity contribution in [2.45, 2.75) is 161 Å². The van der Waals surface area contributed by atoms with Crippen molar-refractivity contribution in [3.8, 4) is 0 Å². The van der Waals surface area contributed by atoms with E-state index in [-0.39, 0.29) is 30.9 Å². The second-order valence-electron chi connectivity index (χ2n) is 19.3. The minimum Gasteiger partial charge on any atom is -0.456 e. The molecule has 0 aromatic heterocycles. The molecule has 1 amide bonds. The van der Waals surface area contributed by atoms with Gasteiger partial charge in [0.15, 0.2) is 18.0 Å². The molecule has 4 fully saturated rings. The summed E-state index contributed by atoms with van der Waals surface area (Å²) >= 11 is 0. The van der Waals surface area contributed by atoms with Crippen LogP contribution in [0.4, 0.5) is 4.79 Å². The third-order valence-corrected chi connectivity index (χ3v) is 13.5. The van der Waals surface area contributed by atoms with Crippen molar-refractivity contribution in [2.24, 2.45) is 28.6 Å². The molecule has 1 aromatic rings. The molecule has 0 spiro atoms. The van der Waals surface area contributed by atoms with Crippen LogP contribution in [0.5, 0.6) is 0 Å². The second-order valence-corrected chi connectivity index (χ2v) is 19.3. The van der Waals surface area contributed by atoms with Crippen molar-refractivity contribution in [2.75, 3.05) is 6.61 Å². The smallest absolute Gasteiger partial charge is 0.407 e. The number of aliphatic hydroxyl groups is 2. The van der Waals surface area contributed by atoms with Crippen LogP contribution in [0.1, 0.15) is 106 Å². The van der Waals surface area contributed by atoms with Crippen LogP contribution in [0, 0.1) is 28.6 Å². The number of hydrogen-bond donors (Lipinski definition) is 3. The summed E-state index contributed by atoms with van der Waals surface area (Å²) in [6.45, 7) is 23.6. The first-order valence-electron chi connectivity index (χ1n) is 20.7. The van der Waals surface area contributed by atoms with Gasteiger partial charge in [-0.25, -0.2) is 14.4 Å². The molecule has 14 heteroatoms. The normalized spacial score (nSPS) is 36.8. The van der Waals surface area contributed by atoms with Gasteiger partial charge in [0.25, 0.3) is 0 Å². The SMILES string of the molecule is C=C[C@H]1OC2C[C@H]3OC[C@@]3(OC(C)=O)[C@H]3[C@H](OC(=O)c4ccccc4)[C@]4(O)C[C@H](OC(=O)[C@@H](O)[C@H](CC(C)C)NC(=O)OC(C)(C)C)C(C)=C([C@H](C)[C@H](O1)[C@]23C)C4(C)C. The Bertz CT molecular complexity index is 1840. The van der Waals surface area contributed by atoms with Crippen molar-refractivity contribution in [1.82, 2.24) is 5.32 Å². The van der Waals surface area contributed by atoms with E-state index in [0.717, 1.165) is 0 Å². The minimum atomic E-state index is -2.02. The molecule has 326 valence electrons. The van der Waals surface area contributed by atoms with Crippen molar-refractivity contribution >= 4 is 24.0 Å². The highest BCUT2D eigenvalue weighted by atomic mass is 16.7. The molecule has 1 unspecified atom stereocenters. The first-order valence-corrected chi connectivity index (χ1v) is 20.7. The highest BCUT2D eigenvalue weighted by Crippen LogP contribution is 2.68. The van der Waals surface area contributed by atoms with E-state index in [1.807, 2.05) is 48.5 Å². The zero-order valence-corrected chi connectivity index (χ0v) is 36.2. The van der Waals surface area contributed by atoms with Crippen molar-refractivity contribution in [1.29, 1.82) is 0 Å². The summed E-state index contributed by atoms with van der Waals surface area (Å²) in [6, 6.07) is 7.32. The summed E-state index contributed by atoms with van der Waals surface area (Å²) < 4.78 is 44.1. The molecule has 5 aliphatic rings. The Balaban J connectivity index is 1.51. The number of fused-ring (bicyclic) bond motifs is 4. The van der Waals surface area contributed by atoms with E-state index in [1.165, 1.54) is 6.92 Å². The summed E-state index contributed by atoms with van der Waals surface area (Å²) in [7, 11) is 0.